The lowest BCUT2D eigenvalue weighted by Crippen LogP contribution is -1.97. The summed E-state index contributed by atoms with van der Waals surface area (Å²) in [5.41, 5.74) is 6.19. The van der Waals surface area contributed by atoms with Gasteiger partial charge in [-0.25, -0.2) is 8.78 Å². The molecular weight excluding hydrogens is 160 g/mol. The Bertz CT molecular complexity index is 319. The van der Waals surface area contributed by atoms with E-state index in [1.54, 1.807) is 0 Å². The molecule has 0 atom stereocenters. The summed E-state index contributed by atoms with van der Waals surface area (Å²) in [4.78, 5) is 0. The highest BCUT2D eigenvalue weighted by Crippen LogP contribution is 2.43. The van der Waals surface area contributed by atoms with E-state index in [9.17, 15) is 8.78 Å². The summed E-state index contributed by atoms with van der Waals surface area (Å²) >= 11 is 0. The Kier molecular flexibility index (Phi) is 1.53. The molecule has 64 valence electrons. The van der Waals surface area contributed by atoms with E-state index in [4.69, 9.17) is 5.73 Å². The van der Waals surface area contributed by atoms with Gasteiger partial charge in [-0.15, -0.1) is 0 Å². The molecule has 2 rings (SSSR count). The minimum absolute atomic E-state index is 0.110. The van der Waals surface area contributed by atoms with Gasteiger partial charge in [0, 0.05) is 6.07 Å². The SMILES string of the molecule is Nc1c(F)cc(F)cc1C1CC1. The molecule has 0 radical (unpaired) electrons. The Labute approximate surface area is 69.2 Å². The number of anilines is 1. The Morgan fingerprint density at radius 3 is 2.50 bits per heavy atom. The molecule has 0 spiro atoms. The quantitative estimate of drug-likeness (QED) is 0.642. The van der Waals surface area contributed by atoms with E-state index in [-0.39, 0.29) is 11.6 Å². The monoisotopic (exact) mass is 169 g/mol. The second kappa shape index (κ2) is 2.44. The molecule has 12 heavy (non-hydrogen) atoms. The molecule has 0 amide bonds. The van der Waals surface area contributed by atoms with Crippen molar-refractivity contribution in [3.05, 3.63) is 29.3 Å². The van der Waals surface area contributed by atoms with E-state index in [1.807, 2.05) is 0 Å². The van der Waals surface area contributed by atoms with E-state index in [0.29, 0.717) is 5.56 Å². The summed E-state index contributed by atoms with van der Waals surface area (Å²) in [7, 11) is 0. The molecule has 1 aliphatic rings. The fraction of sp³-hybridized carbons (Fsp3) is 0.333. The molecule has 0 aromatic heterocycles. The Balaban J connectivity index is 2.51. The third kappa shape index (κ3) is 1.15. The largest absolute Gasteiger partial charge is 0.396 e. The summed E-state index contributed by atoms with van der Waals surface area (Å²) in [6.07, 6.45) is 1.99. The zero-order valence-corrected chi connectivity index (χ0v) is 6.48. The third-order valence-electron chi connectivity index (χ3n) is 2.14. The lowest BCUT2D eigenvalue weighted by atomic mass is 10.1. The van der Waals surface area contributed by atoms with Crippen molar-refractivity contribution in [2.45, 2.75) is 18.8 Å². The standard InChI is InChI=1S/C9H9F2N/c10-6-3-7(5-1-2-5)9(12)8(11)4-6/h3-5H,1-2,12H2. The minimum Gasteiger partial charge on any atom is -0.396 e. The van der Waals surface area contributed by atoms with Gasteiger partial charge in [0.1, 0.15) is 11.6 Å². The van der Waals surface area contributed by atoms with Crippen LogP contribution < -0.4 is 5.73 Å². The third-order valence-corrected chi connectivity index (χ3v) is 2.14. The maximum absolute atomic E-state index is 12.9. The first-order valence-corrected chi connectivity index (χ1v) is 3.93. The van der Waals surface area contributed by atoms with Crippen LogP contribution in [0.25, 0.3) is 0 Å². The average Bonchev–Trinajstić information content (AvgIpc) is 2.79. The first-order chi connectivity index (χ1) is 5.68. The first-order valence-electron chi connectivity index (χ1n) is 3.93. The van der Waals surface area contributed by atoms with E-state index in [0.717, 1.165) is 18.9 Å². The Hall–Kier alpha value is -1.12. The van der Waals surface area contributed by atoms with Gasteiger partial charge in [-0.2, -0.15) is 0 Å². The second-order valence-electron chi connectivity index (χ2n) is 3.16. The summed E-state index contributed by atoms with van der Waals surface area (Å²) in [6.45, 7) is 0. The van der Waals surface area contributed by atoms with Crippen LogP contribution in [0, 0.1) is 11.6 Å². The number of benzene rings is 1. The van der Waals surface area contributed by atoms with Gasteiger partial charge in [-0.3, -0.25) is 0 Å². The van der Waals surface area contributed by atoms with Gasteiger partial charge in [-0.05, 0) is 30.4 Å². The van der Waals surface area contributed by atoms with Gasteiger partial charge in [0.25, 0.3) is 0 Å². The molecule has 1 nitrogen and oxygen atoms in total. The molecule has 1 saturated carbocycles. The van der Waals surface area contributed by atoms with Crippen LogP contribution in [-0.4, -0.2) is 0 Å². The summed E-state index contributed by atoms with van der Waals surface area (Å²) in [5, 5.41) is 0. The molecule has 1 aromatic rings. The van der Waals surface area contributed by atoms with Gasteiger partial charge in [-0.1, -0.05) is 0 Å². The van der Waals surface area contributed by atoms with Crippen LogP contribution in [-0.2, 0) is 0 Å². The molecular formula is C9H9F2N. The summed E-state index contributed by atoms with van der Waals surface area (Å²) < 4.78 is 25.6. The highest BCUT2D eigenvalue weighted by atomic mass is 19.1. The van der Waals surface area contributed by atoms with E-state index in [2.05, 4.69) is 0 Å². The van der Waals surface area contributed by atoms with Crippen molar-refractivity contribution in [2.75, 3.05) is 5.73 Å². The highest BCUT2D eigenvalue weighted by molar-refractivity contribution is 5.51. The van der Waals surface area contributed by atoms with Crippen LogP contribution in [0.5, 0.6) is 0 Å². The highest BCUT2D eigenvalue weighted by Gasteiger charge is 2.27. The molecule has 0 aliphatic heterocycles. The zero-order chi connectivity index (χ0) is 8.72. The van der Waals surface area contributed by atoms with Crippen LogP contribution in [0.1, 0.15) is 24.3 Å². The number of hydrogen-bond donors (Lipinski definition) is 1. The number of nitrogen functional groups attached to an aromatic ring is 1. The van der Waals surface area contributed by atoms with Crippen molar-refractivity contribution in [1.82, 2.24) is 0 Å². The van der Waals surface area contributed by atoms with Crippen molar-refractivity contribution in [2.24, 2.45) is 0 Å². The fourth-order valence-corrected chi connectivity index (χ4v) is 1.34. The van der Waals surface area contributed by atoms with Gasteiger partial charge < -0.3 is 5.73 Å². The van der Waals surface area contributed by atoms with Crippen LogP contribution >= 0.6 is 0 Å². The number of hydrogen-bond acceptors (Lipinski definition) is 1. The van der Waals surface area contributed by atoms with Crippen LogP contribution in [0.15, 0.2) is 12.1 Å². The smallest absolute Gasteiger partial charge is 0.149 e. The fourth-order valence-electron chi connectivity index (χ4n) is 1.34. The van der Waals surface area contributed by atoms with Crippen molar-refractivity contribution >= 4 is 5.69 Å². The van der Waals surface area contributed by atoms with Crippen LogP contribution in [0.4, 0.5) is 14.5 Å². The normalized spacial score (nSPS) is 16.5. The molecule has 0 unspecified atom stereocenters. The molecule has 1 aliphatic carbocycles. The Morgan fingerprint density at radius 2 is 1.92 bits per heavy atom. The second-order valence-corrected chi connectivity index (χ2v) is 3.16. The Morgan fingerprint density at radius 1 is 1.25 bits per heavy atom. The van der Waals surface area contributed by atoms with E-state index < -0.39 is 11.6 Å². The summed E-state index contributed by atoms with van der Waals surface area (Å²) in [6, 6.07) is 2.15. The molecule has 0 heterocycles. The topological polar surface area (TPSA) is 26.0 Å². The number of nitrogens with two attached hydrogens (primary N) is 1. The summed E-state index contributed by atoms with van der Waals surface area (Å²) in [5.74, 6) is -0.893. The molecule has 0 bridgehead atoms. The van der Waals surface area contributed by atoms with Gasteiger partial charge >= 0.3 is 0 Å². The molecule has 2 N–H and O–H groups in total. The molecule has 1 aromatic carbocycles. The lowest BCUT2D eigenvalue weighted by Gasteiger charge is -2.04. The molecule has 0 saturated heterocycles. The predicted molar refractivity (Wildman–Crippen MR) is 42.7 cm³/mol. The van der Waals surface area contributed by atoms with Crippen molar-refractivity contribution < 1.29 is 8.78 Å². The van der Waals surface area contributed by atoms with Crippen molar-refractivity contribution in [3.63, 3.8) is 0 Å². The van der Waals surface area contributed by atoms with E-state index in [1.165, 1.54) is 6.07 Å². The van der Waals surface area contributed by atoms with Gasteiger partial charge in [0.15, 0.2) is 0 Å². The lowest BCUT2D eigenvalue weighted by molar-refractivity contribution is 0.583. The maximum atomic E-state index is 12.9. The first kappa shape index (κ1) is 7.53. The zero-order valence-electron chi connectivity index (χ0n) is 6.48. The van der Waals surface area contributed by atoms with Crippen molar-refractivity contribution in [3.8, 4) is 0 Å². The molecule has 1 fully saturated rings. The minimum atomic E-state index is -0.642. The average molecular weight is 169 g/mol. The number of halogens is 2. The van der Waals surface area contributed by atoms with Crippen LogP contribution in [0.3, 0.4) is 0 Å². The van der Waals surface area contributed by atoms with Crippen molar-refractivity contribution in [1.29, 1.82) is 0 Å². The predicted octanol–water partition coefficient (Wildman–Crippen LogP) is 2.42. The molecule has 3 heteroatoms. The number of rotatable bonds is 1. The van der Waals surface area contributed by atoms with E-state index >= 15 is 0 Å². The van der Waals surface area contributed by atoms with Gasteiger partial charge in [0.05, 0.1) is 5.69 Å². The van der Waals surface area contributed by atoms with Crippen LogP contribution in [0.2, 0.25) is 0 Å². The van der Waals surface area contributed by atoms with Gasteiger partial charge in [0.2, 0.25) is 0 Å². The maximum Gasteiger partial charge on any atom is 0.149 e.